The van der Waals surface area contributed by atoms with Crippen molar-refractivity contribution in [1.29, 1.82) is 0 Å². The molecule has 0 radical (unpaired) electrons. The zero-order valence-electron chi connectivity index (χ0n) is 8.64. The molecule has 0 spiro atoms. The van der Waals surface area contributed by atoms with Gasteiger partial charge >= 0.3 is 6.09 Å². The Balaban J connectivity index is 2.37. The zero-order chi connectivity index (χ0) is 11.1. The average Bonchev–Trinajstić information content (AvgIpc) is 2.25. The molecule has 0 fully saturated rings. The molecule has 0 aliphatic rings. The second kappa shape index (κ2) is 5.80. The molecule has 0 aromatic heterocycles. The Morgan fingerprint density at radius 3 is 2.67 bits per heavy atom. The van der Waals surface area contributed by atoms with E-state index in [-0.39, 0.29) is 0 Å². The van der Waals surface area contributed by atoms with Gasteiger partial charge in [-0.15, -0.1) is 0 Å². The molecule has 0 aliphatic carbocycles. The van der Waals surface area contributed by atoms with E-state index >= 15 is 0 Å². The SMILES string of the molecule is C/C(CCc1ccccc1)=N\OC(N)=O. The standard InChI is InChI=1S/C11H14N2O2/c1-9(13-15-11(12)14)7-8-10-5-3-2-4-6-10/h2-6H,7-8H2,1H3,(H2,12,14)/b13-9+. The Morgan fingerprint density at radius 2 is 2.07 bits per heavy atom. The van der Waals surface area contributed by atoms with Crippen LogP contribution < -0.4 is 5.73 Å². The number of nitrogens with zero attached hydrogens (tertiary/aromatic N) is 1. The molecule has 1 aromatic carbocycles. The molecule has 1 amide bonds. The van der Waals surface area contributed by atoms with Crippen LogP contribution in [0.2, 0.25) is 0 Å². The Morgan fingerprint density at radius 1 is 1.40 bits per heavy atom. The van der Waals surface area contributed by atoms with Gasteiger partial charge in [0, 0.05) is 0 Å². The maximum atomic E-state index is 10.3. The summed E-state index contributed by atoms with van der Waals surface area (Å²) in [5.41, 5.74) is 6.76. The van der Waals surface area contributed by atoms with Gasteiger partial charge in [-0.25, -0.2) is 4.79 Å². The highest BCUT2D eigenvalue weighted by Crippen LogP contribution is 2.03. The number of oxime groups is 1. The topological polar surface area (TPSA) is 64.7 Å². The lowest BCUT2D eigenvalue weighted by atomic mass is 10.1. The van der Waals surface area contributed by atoms with E-state index in [0.29, 0.717) is 0 Å². The van der Waals surface area contributed by atoms with Crippen molar-refractivity contribution in [1.82, 2.24) is 0 Å². The van der Waals surface area contributed by atoms with E-state index in [1.54, 1.807) is 6.92 Å². The van der Waals surface area contributed by atoms with E-state index in [4.69, 9.17) is 5.73 Å². The van der Waals surface area contributed by atoms with Gasteiger partial charge in [-0.05, 0) is 25.3 Å². The number of primary amides is 1. The van der Waals surface area contributed by atoms with Gasteiger partial charge in [0.2, 0.25) is 0 Å². The summed E-state index contributed by atoms with van der Waals surface area (Å²) >= 11 is 0. The number of carbonyl (C=O) groups is 1. The fourth-order valence-electron chi connectivity index (χ4n) is 1.14. The number of amides is 1. The molecule has 80 valence electrons. The van der Waals surface area contributed by atoms with Crippen molar-refractivity contribution in [2.75, 3.05) is 0 Å². The average molecular weight is 206 g/mol. The lowest BCUT2D eigenvalue weighted by Gasteiger charge is -2.00. The van der Waals surface area contributed by atoms with E-state index in [9.17, 15) is 4.79 Å². The maximum Gasteiger partial charge on any atom is 0.430 e. The predicted molar refractivity (Wildman–Crippen MR) is 58.5 cm³/mol. The molecule has 0 saturated heterocycles. The predicted octanol–water partition coefficient (Wildman–Crippen LogP) is 2.09. The first-order chi connectivity index (χ1) is 7.18. The molecule has 1 rings (SSSR count). The van der Waals surface area contributed by atoms with Crippen LogP contribution in [0.1, 0.15) is 18.9 Å². The van der Waals surface area contributed by atoms with Gasteiger partial charge in [0.25, 0.3) is 0 Å². The number of benzene rings is 1. The van der Waals surface area contributed by atoms with Crippen molar-refractivity contribution in [3.8, 4) is 0 Å². The normalized spacial score (nSPS) is 11.1. The molecule has 15 heavy (non-hydrogen) atoms. The Labute approximate surface area is 88.7 Å². The number of hydrogen-bond acceptors (Lipinski definition) is 3. The van der Waals surface area contributed by atoms with Gasteiger partial charge in [0.05, 0.1) is 5.71 Å². The summed E-state index contributed by atoms with van der Waals surface area (Å²) in [5, 5.41) is 3.58. The smallest absolute Gasteiger partial charge is 0.333 e. The largest absolute Gasteiger partial charge is 0.430 e. The first kappa shape index (κ1) is 11.2. The van der Waals surface area contributed by atoms with Crippen molar-refractivity contribution in [3.05, 3.63) is 35.9 Å². The van der Waals surface area contributed by atoms with E-state index in [1.807, 2.05) is 30.3 Å². The number of aryl methyl sites for hydroxylation is 1. The minimum absolute atomic E-state index is 0.747. The highest BCUT2D eigenvalue weighted by Gasteiger charge is 1.97. The summed E-state index contributed by atoms with van der Waals surface area (Å²) in [7, 11) is 0. The van der Waals surface area contributed by atoms with Gasteiger partial charge in [-0.2, -0.15) is 0 Å². The van der Waals surface area contributed by atoms with E-state index < -0.39 is 6.09 Å². The molecule has 1 aromatic rings. The number of hydrogen-bond donors (Lipinski definition) is 1. The van der Waals surface area contributed by atoms with Gasteiger partial charge < -0.3 is 5.73 Å². The van der Waals surface area contributed by atoms with Crippen molar-refractivity contribution < 1.29 is 9.63 Å². The van der Waals surface area contributed by atoms with Crippen LogP contribution >= 0.6 is 0 Å². The van der Waals surface area contributed by atoms with Crippen LogP contribution in [0.15, 0.2) is 35.5 Å². The molecule has 0 aliphatic heterocycles. The lowest BCUT2D eigenvalue weighted by molar-refractivity contribution is 0.161. The Bertz CT molecular complexity index is 347. The fraction of sp³-hybridized carbons (Fsp3) is 0.273. The molecule has 4 nitrogen and oxygen atoms in total. The summed E-state index contributed by atoms with van der Waals surface area (Å²) in [6.07, 6.45) is 0.740. The van der Waals surface area contributed by atoms with E-state index in [2.05, 4.69) is 9.99 Å². The Kier molecular flexibility index (Phi) is 4.34. The van der Waals surface area contributed by atoms with Crippen LogP contribution in [0.4, 0.5) is 4.79 Å². The van der Waals surface area contributed by atoms with E-state index in [1.165, 1.54) is 5.56 Å². The first-order valence-electron chi connectivity index (χ1n) is 4.72. The quantitative estimate of drug-likeness (QED) is 0.465. The minimum Gasteiger partial charge on any atom is -0.333 e. The third-order valence-corrected chi connectivity index (χ3v) is 1.91. The molecule has 0 unspecified atom stereocenters. The highest BCUT2D eigenvalue weighted by atomic mass is 16.7. The van der Waals surface area contributed by atoms with Crippen LogP contribution in [-0.4, -0.2) is 11.8 Å². The van der Waals surface area contributed by atoms with Gasteiger partial charge in [-0.3, -0.25) is 4.84 Å². The summed E-state index contributed by atoms with van der Waals surface area (Å²) in [5.74, 6) is 0. The molecule has 2 N–H and O–H groups in total. The van der Waals surface area contributed by atoms with Crippen molar-refractivity contribution >= 4 is 11.8 Å². The molecule has 4 heteroatoms. The third-order valence-electron chi connectivity index (χ3n) is 1.91. The molecular formula is C11H14N2O2. The molecule has 0 heterocycles. The summed E-state index contributed by atoms with van der Waals surface area (Å²) in [4.78, 5) is 14.6. The summed E-state index contributed by atoms with van der Waals surface area (Å²) < 4.78 is 0. The molecular weight excluding hydrogens is 192 g/mol. The molecule has 0 bridgehead atoms. The van der Waals surface area contributed by atoms with Gasteiger partial charge in [-0.1, -0.05) is 35.5 Å². The third kappa shape index (κ3) is 4.81. The lowest BCUT2D eigenvalue weighted by Crippen LogP contribution is -2.10. The van der Waals surface area contributed by atoms with Crippen molar-refractivity contribution in [2.45, 2.75) is 19.8 Å². The number of rotatable bonds is 4. The summed E-state index contributed by atoms with van der Waals surface area (Å²) in [6, 6.07) is 10.0. The van der Waals surface area contributed by atoms with Crippen molar-refractivity contribution in [2.24, 2.45) is 10.9 Å². The first-order valence-corrected chi connectivity index (χ1v) is 4.72. The number of nitrogens with two attached hydrogens (primary N) is 1. The van der Waals surface area contributed by atoms with Crippen molar-refractivity contribution in [3.63, 3.8) is 0 Å². The zero-order valence-corrected chi connectivity index (χ0v) is 8.64. The van der Waals surface area contributed by atoms with Gasteiger partial charge in [0.1, 0.15) is 0 Å². The van der Waals surface area contributed by atoms with E-state index in [0.717, 1.165) is 18.6 Å². The second-order valence-corrected chi connectivity index (χ2v) is 3.22. The Hall–Kier alpha value is -1.84. The van der Waals surface area contributed by atoms with Crippen LogP contribution in [0.25, 0.3) is 0 Å². The minimum atomic E-state index is -0.880. The monoisotopic (exact) mass is 206 g/mol. The van der Waals surface area contributed by atoms with Crippen LogP contribution in [0.5, 0.6) is 0 Å². The van der Waals surface area contributed by atoms with Crippen LogP contribution in [-0.2, 0) is 11.3 Å². The molecule has 0 saturated carbocycles. The van der Waals surface area contributed by atoms with Crippen LogP contribution in [0, 0.1) is 0 Å². The number of carbonyl (C=O) groups excluding carboxylic acids is 1. The van der Waals surface area contributed by atoms with Gasteiger partial charge in [0.15, 0.2) is 0 Å². The molecule has 0 atom stereocenters. The highest BCUT2D eigenvalue weighted by molar-refractivity contribution is 5.82. The fourth-order valence-corrected chi connectivity index (χ4v) is 1.14. The summed E-state index contributed by atoms with van der Waals surface area (Å²) in [6.45, 7) is 1.80. The van der Waals surface area contributed by atoms with Crippen LogP contribution in [0.3, 0.4) is 0 Å². The second-order valence-electron chi connectivity index (χ2n) is 3.22. The maximum absolute atomic E-state index is 10.3.